The molecule has 2 aromatic carbocycles. The Hall–Kier alpha value is -2.54. The van der Waals surface area contributed by atoms with Gasteiger partial charge in [0.25, 0.3) is 5.69 Å². The number of amides is 2. The van der Waals surface area contributed by atoms with E-state index in [9.17, 15) is 14.9 Å². The molecule has 108 valence electrons. The van der Waals surface area contributed by atoms with Gasteiger partial charge >= 0.3 is 6.03 Å². The molecular formula is C14H13N3O3S. The van der Waals surface area contributed by atoms with E-state index in [1.54, 1.807) is 6.07 Å². The Morgan fingerprint density at radius 1 is 1.10 bits per heavy atom. The van der Waals surface area contributed by atoms with E-state index in [4.69, 9.17) is 0 Å². The second-order valence-electron chi connectivity index (χ2n) is 4.08. The first-order valence-electron chi connectivity index (χ1n) is 6.05. The van der Waals surface area contributed by atoms with Crippen LogP contribution in [0.5, 0.6) is 0 Å². The number of hydrogen-bond donors (Lipinski definition) is 2. The third kappa shape index (κ3) is 3.96. The number of nitrogens with zero attached hydrogens (tertiary/aromatic N) is 1. The highest BCUT2D eigenvalue weighted by atomic mass is 32.2. The normalized spacial score (nSPS) is 9.95. The number of carbonyl (C=O) groups is 1. The Morgan fingerprint density at radius 3 is 2.38 bits per heavy atom. The van der Waals surface area contributed by atoms with Crippen LogP contribution in [0.25, 0.3) is 0 Å². The van der Waals surface area contributed by atoms with Gasteiger partial charge in [-0.15, -0.1) is 11.8 Å². The van der Waals surface area contributed by atoms with Crippen LogP contribution in [-0.4, -0.2) is 17.2 Å². The van der Waals surface area contributed by atoms with Gasteiger partial charge in [0.1, 0.15) is 0 Å². The molecule has 0 aromatic heterocycles. The van der Waals surface area contributed by atoms with Crippen LogP contribution in [-0.2, 0) is 0 Å². The molecule has 0 saturated carbocycles. The van der Waals surface area contributed by atoms with E-state index >= 15 is 0 Å². The van der Waals surface area contributed by atoms with Crippen molar-refractivity contribution in [2.24, 2.45) is 0 Å². The first-order valence-corrected chi connectivity index (χ1v) is 7.28. The molecule has 21 heavy (non-hydrogen) atoms. The highest BCUT2D eigenvalue weighted by molar-refractivity contribution is 7.98. The quantitative estimate of drug-likeness (QED) is 0.508. The maximum Gasteiger partial charge on any atom is 0.323 e. The van der Waals surface area contributed by atoms with E-state index in [-0.39, 0.29) is 5.69 Å². The third-order valence-corrected chi connectivity index (χ3v) is 3.49. The van der Waals surface area contributed by atoms with Crippen molar-refractivity contribution in [1.29, 1.82) is 0 Å². The van der Waals surface area contributed by atoms with Crippen LogP contribution in [0.15, 0.2) is 53.4 Å². The minimum atomic E-state index is -0.488. The molecule has 2 aromatic rings. The average molecular weight is 303 g/mol. The van der Waals surface area contributed by atoms with Crippen LogP contribution in [0, 0.1) is 10.1 Å². The molecule has 0 radical (unpaired) electrons. The first kappa shape index (κ1) is 14.9. The largest absolute Gasteiger partial charge is 0.323 e. The van der Waals surface area contributed by atoms with Gasteiger partial charge in [-0.3, -0.25) is 10.1 Å². The maximum absolute atomic E-state index is 11.9. The number of carbonyl (C=O) groups excluding carboxylic acids is 1. The number of non-ortho nitro benzene ring substituents is 1. The number of benzene rings is 2. The van der Waals surface area contributed by atoms with Gasteiger partial charge in [-0.1, -0.05) is 12.1 Å². The molecule has 0 unspecified atom stereocenters. The van der Waals surface area contributed by atoms with E-state index in [0.29, 0.717) is 11.4 Å². The van der Waals surface area contributed by atoms with Gasteiger partial charge < -0.3 is 10.6 Å². The topological polar surface area (TPSA) is 84.3 Å². The lowest BCUT2D eigenvalue weighted by Gasteiger charge is -2.10. The summed E-state index contributed by atoms with van der Waals surface area (Å²) in [6.45, 7) is 0. The number of anilines is 2. The molecule has 2 amide bonds. The first-order chi connectivity index (χ1) is 10.1. The summed E-state index contributed by atoms with van der Waals surface area (Å²) in [5.41, 5.74) is 1.18. The van der Waals surface area contributed by atoms with E-state index < -0.39 is 11.0 Å². The molecule has 0 aliphatic rings. The maximum atomic E-state index is 11.9. The number of urea groups is 1. The second kappa shape index (κ2) is 6.76. The highest BCUT2D eigenvalue weighted by Crippen LogP contribution is 2.24. The van der Waals surface area contributed by atoms with Crippen molar-refractivity contribution in [2.75, 3.05) is 16.9 Å². The Bertz CT molecular complexity index is 659. The number of nitrogens with one attached hydrogen (secondary N) is 2. The second-order valence-corrected chi connectivity index (χ2v) is 4.93. The van der Waals surface area contributed by atoms with E-state index in [2.05, 4.69) is 10.6 Å². The average Bonchev–Trinajstić information content (AvgIpc) is 2.48. The van der Waals surface area contributed by atoms with Crippen LogP contribution in [0.2, 0.25) is 0 Å². The molecule has 6 nitrogen and oxygen atoms in total. The minimum absolute atomic E-state index is 0.0197. The van der Waals surface area contributed by atoms with Gasteiger partial charge in [-0.25, -0.2) is 4.79 Å². The van der Waals surface area contributed by atoms with Crippen molar-refractivity contribution in [1.82, 2.24) is 0 Å². The zero-order valence-electron chi connectivity index (χ0n) is 11.2. The van der Waals surface area contributed by atoms with Crippen molar-refractivity contribution in [3.8, 4) is 0 Å². The summed E-state index contributed by atoms with van der Waals surface area (Å²) < 4.78 is 0. The van der Waals surface area contributed by atoms with E-state index in [1.807, 2.05) is 24.5 Å². The lowest BCUT2D eigenvalue weighted by molar-refractivity contribution is -0.384. The molecular weight excluding hydrogens is 290 g/mol. The van der Waals surface area contributed by atoms with Crippen LogP contribution in [0.4, 0.5) is 21.9 Å². The predicted octanol–water partition coefficient (Wildman–Crippen LogP) is 3.96. The summed E-state index contributed by atoms with van der Waals surface area (Å²) in [6.07, 6.45) is 1.93. The Morgan fingerprint density at radius 2 is 1.76 bits per heavy atom. The fourth-order valence-corrected chi connectivity index (χ4v) is 2.25. The Kier molecular flexibility index (Phi) is 4.78. The SMILES string of the molecule is CSc1ccccc1NC(=O)Nc1ccc([N+](=O)[O-])cc1. The zero-order valence-corrected chi connectivity index (χ0v) is 12.0. The van der Waals surface area contributed by atoms with Crippen LogP contribution < -0.4 is 10.6 Å². The van der Waals surface area contributed by atoms with E-state index in [0.717, 1.165) is 4.90 Å². The Balaban J connectivity index is 2.03. The molecule has 0 atom stereocenters. The third-order valence-electron chi connectivity index (χ3n) is 2.69. The van der Waals surface area contributed by atoms with Crippen molar-refractivity contribution in [3.05, 3.63) is 58.6 Å². The standard InChI is InChI=1S/C14H13N3O3S/c1-21-13-5-3-2-4-12(13)16-14(18)15-10-6-8-11(9-7-10)17(19)20/h2-9H,1H3,(H2,15,16,18). The predicted molar refractivity (Wildman–Crippen MR) is 84.0 cm³/mol. The number of thioether (sulfide) groups is 1. The molecule has 2 rings (SSSR count). The van der Waals surface area contributed by atoms with Gasteiger partial charge in [-0.05, 0) is 30.5 Å². The Labute approximate surface area is 125 Å². The number of hydrogen-bond acceptors (Lipinski definition) is 4. The minimum Gasteiger partial charge on any atom is -0.308 e. The van der Waals surface area contributed by atoms with Crippen molar-refractivity contribution in [3.63, 3.8) is 0 Å². The summed E-state index contributed by atoms with van der Waals surface area (Å²) in [4.78, 5) is 22.9. The molecule has 2 N–H and O–H groups in total. The van der Waals surface area contributed by atoms with Crippen LogP contribution in [0.3, 0.4) is 0 Å². The van der Waals surface area contributed by atoms with Gasteiger partial charge in [0.15, 0.2) is 0 Å². The molecule has 0 bridgehead atoms. The molecule has 0 aliphatic carbocycles. The lowest BCUT2D eigenvalue weighted by Crippen LogP contribution is -2.19. The van der Waals surface area contributed by atoms with Gasteiger partial charge in [0.05, 0.1) is 10.6 Å². The summed E-state index contributed by atoms with van der Waals surface area (Å²) in [5.74, 6) is 0. The summed E-state index contributed by atoms with van der Waals surface area (Å²) in [5, 5.41) is 15.9. The van der Waals surface area contributed by atoms with Crippen molar-refractivity contribution < 1.29 is 9.72 Å². The fourth-order valence-electron chi connectivity index (χ4n) is 1.70. The van der Waals surface area contributed by atoms with Crippen LogP contribution in [0.1, 0.15) is 0 Å². The zero-order chi connectivity index (χ0) is 15.2. The number of para-hydroxylation sites is 1. The van der Waals surface area contributed by atoms with Gasteiger partial charge in [0.2, 0.25) is 0 Å². The monoisotopic (exact) mass is 303 g/mol. The van der Waals surface area contributed by atoms with E-state index in [1.165, 1.54) is 36.0 Å². The fraction of sp³-hybridized carbons (Fsp3) is 0.0714. The molecule has 7 heteroatoms. The lowest BCUT2D eigenvalue weighted by atomic mass is 10.3. The van der Waals surface area contributed by atoms with Crippen LogP contribution >= 0.6 is 11.8 Å². The highest BCUT2D eigenvalue weighted by Gasteiger charge is 2.08. The molecule has 0 heterocycles. The van der Waals surface area contributed by atoms with Crippen molar-refractivity contribution in [2.45, 2.75) is 4.90 Å². The van der Waals surface area contributed by atoms with Crippen molar-refractivity contribution >= 4 is 34.9 Å². The summed E-state index contributed by atoms with van der Waals surface area (Å²) in [6, 6.07) is 12.7. The molecule has 0 saturated heterocycles. The molecule has 0 aliphatic heterocycles. The summed E-state index contributed by atoms with van der Waals surface area (Å²) >= 11 is 1.53. The number of rotatable bonds is 4. The molecule has 0 spiro atoms. The van der Waals surface area contributed by atoms with Gasteiger partial charge in [-0.2, -0.15) is 0 Å². The van der Waals surface area contributed by atoms with Gasteiger partial charge in [0, 0.05) is 22.7 Å². The number of nitro groups is 1. The smallest absolute Gasteiger partial charge is 0.308 e. The summed E-state index contributed by atoms with van der Waals surface area (Å²) in [7, 11) is 0. The molecule has 0 fully saturated rings. The number of nitro benzene ring substituents is 1.